The van der Waals surface area contributed by atoms with Crippen molar-refractivity contribution in [1.82, 2.24) is 10.2 Å². The van der Waals surface area contributed by atoms with Gasteiger partial charge in [0.15, 0.2) is 0 Å². The molecule has 1 aliphatic rings. The molecule has 1 amide bonds. The number of amides is 1. The minimum Gasteiger partial charge on any atom is -0.467 e. The van der Waals surface area contributed by atoms with Crippen molar-refractivity contribution < 1.29 is 27.1 Å². The van der Waals surface area contributed by atoms with Gasteiger partial charge >= 0.3 is 6.18 Å². The number of morpholine rings is 1. The van der Waals surface area contributed by atoms with E-state index < -0.39 is 24.7 Å². The SMILES string of the molecule is O=C(CC1CNCCO1)N(Cc1ccco1)CC(F)(F)F. The first-order valence-electron chi connectivity index (χ1n) is 6.63. The molecule has 1 aromatic rings. The second kappa shape index (κ2) is 6.95. The van der Waals surface area contributed by atoms with Gasteiger partial charge in [-0.3, -0.25) is 4.79 Å². The molecule has 21 heavy (non-hydrogen) atoms. The van der Waals surface area contributed by atoms with E-state index in [2.05, 4.69) is 5.32 Å². The van der Waals surface area contributed by atoms with Crippen molar-refractivity contribution in [3.63, 3.8) is 0 Å². The Labute approximate surface area is 120 Å². The van der Waals surface area contributed by atoms with Crippen molar-refractivity contribution in [1.29, 1.82) is 0 Å². The van der Waals surface area contributed by atoms with Gasteiger partial charge in [0.25, 0.3) is 0 Å². The average Bonchev–Trinajstić information content (AvgIpc) is 2.90. The monoisotopic (exact) mass is 306 g/mol. The van der Waals surface area contributed by atoms with Crippen LogP contribution in [0.25, 0.3) is 0 Å². The highest BCUT2D eigenvalue weighted by Gasteiger charge is 2.34. The van der Waals surface area contributed by atoms with Crippen LogP contribution in [0.1, 0.15) is 12.2 Å². The predicted octanol–water partition coefficient (Wildman–Crippen LogP) is 1.55. The quantitative estimate of drug-likeness (QED) is 0.897. The topological polar surface area (TPSA) is 54.7 Å². The van der Waals surface area contributed by atoms with Crippen molar-refractivity contribution in [2.75, 3.05) is 26.2 Å². The predicted molar refractivity (Wildman–Crippen MR) is 67.4 cm³/mol. The third kappa shape index (κ3) is 5.39. The molecule has 0 aliphatic carbocycles. The maximum absolute atomic E-state index is 12.6. The molecule has 5 nitrogen and oxygen atoms in total. The number of hydrogen-bond donors (Lipinski definition) is 1. The van der Waals surface area contributed by atoms with E-state index in [1.54, 1.807) is 6.07 Å². The molecule has 1 aromatic heterocycles. The molecule has 2 rings (SSSR count). The third-order valence-corrected chi connectivity index (χ3v) is 3.06. The summed E-state index contributed by atoms with van der Waals surface area (Å²) in [6.45, 7) is 0.100. The maximum Gasteiger partial charge on any atom is 0.406 e. The summed E-state index contributed by atoms with van der Waals surface area (Å²) in [6, 6.07) is 3.11. The normalized spacial score (nSPS) is 19.5. The van der Waals surface area contributed by atoms with E-state index in [4.69, 9.17) is 9.15 Å². The van der Waals surface area contributed by atoms with Gasteiger partial charge in [-0.15, -0.1) is 0 Å². The number of furan rings is 1. The van der Waals surface area contributed by atoms with Gasteiger partial charge in [-0.1, -0.05) is 0 Å². The van der Waals surface area contributed by atoms with Crippen LogP contribution >= 0.6 is 0 Å². The number of ether oxygens (including phenoxy) is 1. The van der Waals surface area contributed by atoms with Gasteiger partial charge in [-0.2, -0.15) is 13.2 Å². The summed E-state index contributed by atoms with van der Waals surface area (Å²) in [5.74, 6) is -0.285. The van der Waals surface area contributed by atoms with E-state index in [-0.39, 0.29) is 13.0 Å². The van der Waals surface area contributed by atoms with Crippen molar-refractivity contribution in [2.45, 2.75) is 25.2 Å². The molecule has 1 aliphatic heterocycles. The number of nitrogens with zero attached hydrogens (tertiary/aromatic N) is 1. The van der Waals surface area contributed by atoms with Crippen LogP contribution < -0.4 is 5.32 Å². The summed E-state index contributed by atoms with van der Waals surface area (Å²) < 4.78 is 48.2. The molecule has 0 bridgehead atoms. The molecule has 0 aromatic carbocycles. The zero-order valence-corrected chi connectivity index (χ0v) is 11.4. The highest BCUT2D eigenvalue weighted by atomic mass is 19.4. The minimum atomic E-state index is -4.45. The zero-order valence-electron chi connectivity index (χ0n) is 11.4. The van der Waals surface area contributed by atoms with Gasteiger partial charge in [0.1, 0.15) is 12.3 Å². The van der Waals surface area contributed by atoms with Gasteiger partial charge in [-0.25, -0.2) is 0 Å². The van der Waals surface area contributed by atoms with Crippen LogP contribution in [0.15, 0.2) is 22.8 Å². The highest BCUT2D eigenvalue weighted by molar-refractivity contribution is 5.76. The molecule has 1 saturated heterocycles. The standard InChI is InChI=1S/C13H17F3N2O3/c14-13(15,16)9-18(8-10-2-1-4-20-10)12(19)6-11-7-17-3-5-21-11/h1-2,4,11,17H,3,5-9H2. The lowest BCUT2D eigenvalue weighted by molar-refractivity contribution is -0.164. The Hall–Kier alpha value is -1.54. The molecule has 118 valence electrons. The van der Waals surface area contributed by atoms with Gasteiger partial charge in [0.05, 0.1) is 31.9 Å². The Morgan fingerprint density at radius 1 is 1.48 bits per heavy atom. The Morgan fingerprint density at radius 2 is 2.29 bits per heavy atom. The van der Waals surface area contributed by atoms with Crippen molar-refractivity contribution in [3.8, 4) is 0 Å². The van der Waals surface area contributed by atoms with Gasteiger partial charge in [0.2, 0.25) is 5.91 Å². The number of hydrogen-bond acceptors (Lipinski definition) is 4. The smallest absolute Gasteiger partial charge is 0.406 e. The summed E-state index contributed by atoms with van der Waals surface area (Å²) in [5, 5.41) is 3.04. The van der Waals surface area contributed by atoms with E-state index in [0.717, 1.165) is 4.90 Å². The minimum absolute atomic E-state index is 0.0796. The lowest BCUT2D eigenvalue weighted by Crippen LogP contribution is -2.44. The Kier molecular flexibility index (Phi) is 5.24. The Bertz CT molecular complexity index is 442. The largest absolute Gasteiger partial charge is 0.467 e. The van der Waals surface area contributed by atoms with Crippen LogP contribution in [0, 0.1) is 0 Å². The Morgan fingerprint density at radius 3 is 2.86 bits per heavy atom. The third-order valence-electron chi connectivity index (χ3n) is 3.06. The summed E-state index contributed by atoms with van der Waals surface area (Å²) >= 11 is 0. The van der Waals surface area contributed by atoms with Gasteiger partial charge in [0, 0.05) is 13.1 Å². The van der Waals surface area contributed by atoms with Crippen LogP contribution in [0.2, 0.25) is 0 Å². The first kappa shape index (κ1) is 15.8. The highest BCUT2D eigenvalue weighted by Crippen LogP contribution is 2.20. The molecule has 0 spiro atoms. The van der Waals surface area contributed by atoms with Crippen molar-refractivity contribution in [2.24, 2.45) is 0 Å². The maximum atomic E-state index is 12.6. The fraction of sp³-hybridized carbons (Fsp3) is 0.615. The number of halogens is 3. The van der Waals surface area contributed by atoms with E-state index >= 15 is 0 Å². The van der Waals surface area contributed by atoms with Gasteiger partial charge < -0.3 is 19.4 Å². The summed E-state index contributed by atoms with van der Waals surface area (Å²) in [5.41, 5.74) is 0. The van der Waals surface area contributed by atoms with Crippen LogP contribution in [0.3, 0.4) is 0 Å². The lowest BCUT2D eigenvalue weighted by atomic mass is 10.2. The summed E-state index contributed by atoms with van der Waals surface area (Å²) in [7, 11) is 0. The van der Waals surface area contributed by atoms with Crippen molar-refractivity contribution >= 4 is 5.91 Å². The van der Waals surface area contributed by atoms with E-state index in [1.165, 1.54) is 12.3 Å². The first-order valence-corrected chi connectivity index (χ1v) is 6.63. The molecule has 8 heteroatoms. The summed E-state index contributed by atoms with van der Waals surface area (Å²) in [6.07, 6.45) is -3.56. The zero-order chi connectivity index (χ0) is 15.3. The van der Waals surface area contributed by atoms with Crippen LogP contribution in [0.5, 0.6) is 0 Å². The van der Waals surface area contributed by atoms with Crippen LogP contribution in [-0.2, 0) is 16.1 Å². The second-order valence-electron chi connectivity index (χ2n) is 4.85. The number of rotatable bonds is 5. The molecule has 1 atom stereocenters. The fourth-order valence-electron chi connectivity index (χ4n) is 2.11. The molecular weight excluding hydrogens is 289 g/mol. The summed E-state index contributed by atoms with van der Waals surface area (Å²) in [4.78, 5) is 12.8. The van der Waals surface area contributed by atoms with Crippen molar-refractivity contribution in [3.05, 3.63) is 24.2 Å². The lowest BCUT2D eigenvalue weighted by Gasteiger charge is -2.27. The number of alkyl halides is 3. The van der Waals surface area contributed by atoms with E-state index in [1.807, 2.05) is 0 Å². The first-order chi connectivity index (χ1) is 9.94. The number of nitrogens with one attached hydrogen (secondary N) is 1. The molecule has 1 N–H and O–H groups in total. The molecule has 2 heterocycles. The molecule has 0 saturated carbocycles. The average molecular weight is 306 g/mol. The molecule has 1 fully saturated rings. The van der Waals surface area contributed by atoms with Crippen LogP contribution in [0.4, 0.5) is 13.2 Å². The number of carbonyl (C=O) groups is 1. The van der Waals surface area contributed by atoms with E-state index in [9.17, 15) is 18.0 Å². The van der Waals surface area contributed by atoms with Gasteiger partial charge in [-0.05, 0) is 12.1 Å². The van der Waals surface area contributed by atoms with Crippen LogP contribution in [-0.4, -0.2) is 49.3 Å². The molecular formula is C13H17F3N2O3. The second-order valence-corrected chi connectivity index (χ2v) is 4.85. The fourth-order valence-corrected chi connectivity index (χ4v) is 2.11. The van der Waals surface area contributed by atoms with E-state index in [0.29, 0.717) is 25.5 Å². The Balaban J connectivity index is 1.97. The molecule has 1 unspecified atom stereocenters. The molecule has 0 radical (unpaired) electrons. The number of carbonyl (C=O) groups excluding carboxylic acids is 1.